The van der Waals surface area contributed by atoms with E-state index >= 15 is 0 Å². The highest BCUT2D eigenvalue weighted by atomic mass is 19.2. The van der Waals surface area contributed by atoms with Gasteiger partial charge in [0.05, 0.1) is 6.54 Å². The van der Waals surface area contributed by atoms with Gasteiger partial charge in [0.15, 0.2) is 11.6 Å². The second-order valence-electron chi connectivity index (χ2n) is 3.84. The molecule has 2 aromatic rings. The molecule has 1 aromatic carbocycles. The van der Waals surface area contributed by atoms with Crippen LogP contribution in [-0.2, 0) is 6.54 Å². The molecule has 4 heteroatoms. The summed E-state index contributed by atoms with van der Waals surface area (Å²) in [6.07, 6.45) is 1.56. The number of pyridine rings is 1. The van der Waals surface area contributed by atoms with Crippen LogP contribution in [0.1, 0.15) is 11.1 Å². The zero-order valence-electron chi connectivity index (χ0n) is 9.28. The maximum absolute atomic E-state index is 13.4. The highest BCUT2D eigenvalue weighted by Gasteiger charge is 2.08. The van der Waals surface area contributed by atoms with Gasteiger partial charge in [-0.2, -0.15) is 0 Å². The van der Waals surface area contributed by atoms with Crippen molar-refractivity contribution < 1.29 is 8.78 Å². The smallest absolute Gasteiger partial charge is 0.253 e. The fraction of sp³-hybridized carbons (Fsp3) is 0.154. The van der Waals surface area contributed by atoms with E-state index in [9.17, 15) is 13.6 Å². The van der Waals surface area contributed by atoms with E-state index in [1.165, 1.54) is 16.7 Å². The Morgan fingerprint density at radius 1 is 1.18 bits per heavy atom. The molecule has 0 bridgehead atoms. The van der Waals surface area contributed by atoms with Crippen LogP contribution in [0, 0.1) is 18.6 Å². The lowest BCUT2D eigenvalue weighted by atomic mass is 10.2. The lowest BCUT2D eigenvalue weighted by molar-refractivity contribution is 0.494. The van der Waals surface area contributed by atoms with Crippen molar-refractivity contribution >= 4 is 0 Å². The molecule has 0 atom stereocenters. The van der Waals surface area contributed by atoms with E-state index in [2.05, 4.69) is 0 Å². The molecule has 1 heterocycles. The van der Waals surface area contributed by atoms with Crippen LogP contribution in [0.2, 0.25) is 0 Å². The molecule has 0 spiro atoms. The van der Waals surface area contributed by atoms with Crippen molar-refractivity contribution in [3.05, 3.63) is 69.6 Å². The maximum atomic E-state index is 13.4. The average Bonchev–Trinajstić information content (AvgIpc) is 2.31. The first-order chi connectivity index (χ1) is 8.09. The van der Waals surface area contributed by atoms with Gasteiger partial charge in [-0.3, -0.25) is 4.79 Å². The molecular formula is C13H11F2NO. The summed E-state index contributed by atoms with van der Waals surface area (Å²) >= 11 is 0. The number of nitrogens with zero attached hydrogens (tertiary/aromatic N) is 1. The number of aromatic nitrogens is 1. The van der Waals surface area contributed by atoms with Gasteiger partial charge in [0.25, 0.3) is 5.56 Å². The molecule has 0 aliphatic rings. The predicted molar refractivity (Wildman–Crippen MR) is 60.9 cm³/mol. The van der Waals surface area contributed by atoms with E-state index in [1.807, 2.05) is 0 Å². The molecule has 1 aromatic heterocycles. The third kappa shape index (κ3) is 2.25. The third-order valence-electron chi connectivity index (χ3n) is 2.58. The maximum Gasteiger partial charge on any atom is 0.253 e. The Labute approximate surface area is 97.1 Å². The molecule has 0 saturated heterocycles. The van der Waals surface area contributed by atoms with Crippen molar-refractivity contribution in [2.24, 2.45) is 0 Å². The van der Waals surface area contributed by atoms with Gasteiger partial charge in [-0.15, -0.1) is 0 Å². The highest BCUT2D eigenvalue weighted by Crippen LogP contribution is 2.12. The van der Waals surface area contributed by atoms with E-state index in [0.717, 1.165) is 6.07 Å². The van der Waals surface area contributed by atoms with E-state index in [-0.39, 0.29) is 17.7 Å². The van der Waals surface area contributed by atoms with Crippen LogP contribution in [0.3, 0.4) is 0 Å². The molecule has 0 amide bonds. The van der Waals surface area contributed by atoms with Crippen LogP contribution < -0.4 is 5.56 Å². The Balaban J connectivity index is 2.42. The average molecular weight is 235 g/mol. The molecule has 0 N–H and O–H groups in total. The molecule has 2 nitrogen and oxygen atoms in total. The molecule has 0 aliphatic carbocycles. The molecule has 0 unspecified atom stereocenters. The minimum Gasteiger partial charge on any atom is -0.311 e. The summed E-state index contributed by atoms with van der Waals surface area (Å²) in [6, 6.07) is 7.33. The van der Waals surface area contributed by atoms with Gasteiger partial charge in [0.1, 0.15) is 0 Å². The number of rotatable bonds is 2. The van der Waals surface area contributed by atoms with Crippen LogP contribution in [0.5, 0.6) is 0 Å². The van der Waals surface area contributed by atoms with Crippen molar-refractivity contribution in [1.82, 2.24) is 4.57 Å². The Hall–Kier alpha value is -1.97. The van der Waals surface area contributed by atoms with Crippen LogP contribution in [0.4, 0.5) is 8.78 Å². The van der Waals surface area contributed by atoms with Crippen LogP contribution >= 0.6 is 0 Å². The number of halogens is 2. The summed E-state index contributed by atoms with van der Waals surface area (Å²) in [4.78, 5) is 11.7. The van der Waals surface area contributed by atoms with Crippen molar-refractivity contribution in [2.75, 3.05) is 0 Å². The molecule has 17 heavy (non-hydrogen) atoms. The van der Waals surface area contributed by atoms with Gasteiger partial charge in [-0.25, -0.2) is 8.78 Å². The van der Waals surface area contributed by atoms with Gasteiger partial charge in [-0.05, 0) is 19.1 Å². The number of hydrogen-bond acceptors (Lipinski definition) is 1. The minimum absolute atomic E-state index is 0.0319. The third-order valence-corrected chi connectivity index (χ3v) is 2.58. The Bertz CT molecular complexity index is 605. The normalized spacial score (nSPS) is 10.5. The summed E-state index contributed by atoms with van der Waals surface area (Å²) < 4.78 is 27.8. The summed E-state index contributed by atoms with van der Waals surface area (Å²) in [5, 5.41) is 0. The molecule has 2 rings (SSSR count). The first-order valence-corrected chi connectivity index (χ1v) is 5.18. The molecule has 0 fully saturated rings. The van der Waals surface area contributed by atoms with Crippen molar-refractivity contribution in [2.45, 2.75) is 13.5 Å². The van der Waals surface area contributed by atoms with Gasteiger partial charge in [0, 0.05) is 17.3 Å². The van der Waals surface area contributed by atoms with Crippen molar-refractivity contribution in [3.63, 3.8) is 0 Å². The first kappa shape index (κ1) is 11.5. The summed E-state index contributed by atoms with van der Waals surface area (Å²) in [6.45, 7) is 1.71. The fourth-order valence-electron chi connectivity index (χ4n) is 1.64. The topological polar surface area (TPSA) is 22.0 Å². The second-order valence-corrected chi connectivity index (χ2v) is 3.84. The van der Waals surface area contributed by atoms with Crippen molar-refractivity contribution in [1.29, 1.82) is 0 Å². The highest BCUT2D eigenvalue weighted by molar-refractivity contribution is 5.20. The molecule has 88 valence electrons. The quantitative estimate of drug-likeness (QED) is 0.783. The van der Waals surface area contributed by atoms with E-state index < -0.39 is 11.6 Å². The lowest BCUT2D eigenvalue weighted by Gasteiger charge is -2.07. The summed E-state index contributed by atoms with van der Waals surface area (Å²) in [7, 11) is 0. The molecular weight excluding hydrogens is 224 g/mol. The second kappa shape index (κ2) is 4.49. The van der Waals surface area contributed by atoms with Crippen LogP contribution in [0.15, 0.2) is 41.3 Å². The number of aryl methyl sites for hydroxylation is 1. The van der Waals surface area contributed by atoms with Crippen LogP contribution in [-0.4, -0.2) is 4.57 Å². The van der Waals surface area contributed by atoms with E-state index in [1.54, 1.807) is 25.3 Å². The largest absolute Gasteiger partial charge is 0.311 e. The minimum atomic E-state index is -0.902. The Kier molecular flexibility index (Phi) is 3.04. The van der Waals surface area contributed by atoms with Crippen molar-refractivity contribution in [3.8, 4) is 0 Å². The Morgan fingerprint density at radius 2 is 1.94 bits per heavy atom. The SMILES string of the molecule is Cc1cccn(Cc2cccc(F)c2F)c1=O. The molecule has 0 saturated carbocycles. The fourth-order valence-corrected chi connectivity index (χ4v) is 1.64. The standard InChI is InChI=1S/C13H11F2NO/c1-9-4-3-7-16(13(9)17)8-10-5-2-6-11(14)12(10)15/h2-7H,8H2,1H3. The first-order valence-electron chi connectivity index (χ1n) is 5.18. The van der Waals surface area contributed by atoms with Gasteiger partial charge in [-0.1, -0.05) is 18.2 Å². The van der Waals surface area contributed by atoms with Gasteiger partial charge < -0.3 is 4.57 Å². The molecule has 0 aliphatic heterocycles. The van der Waals surface area contributed by atoms with Gasteiger partial charge >= 0.3 is 0 Å². The van der Waals surface area contributed by atoms with Gasteiger partial charge in [0.2, 0.25) is 0 Å². The van der Waals surface area contributed by atoms with Crippen LogP contribution in [0.25, 0.3) is 0 Å². The zero-order chi connectivity index (χ0) is 12.4. The van der Waals surface area contributed by atoms with E-state index in [4.69, 9.17) is 0 Å². The number of hydrogen-bond donors (Lipinski definition) is 0. The Morgan fingerprint density at radius 3 is 2.71 bits per heavy atom. The molecule has 0 radical (unpaired) electrons. The monoisotopic (exact) mass is 235 g/mol. The predicted octanol–water partition coefficient (Wildman–Crippen LogP) is 2.48. The summed E-state index contributed by atoms with van der Waals surface area (Å²) in [5.41, 5.74) is 0.540. The number of benzene rings is 1. The zero-order valence-corrected chi connectivity index (χ0v) is 9.28. The lowest BCUT2D eigenvalue weighted by Crippen LogP contribution is -2.22. The summed E-state index contributed by atoms with van der Waals surface area (Å²) in [5.74, 6) is -1.80. The van der Waals surface area contributed by atoms with E-state index in [0.29, 0.717) is 5.56 Å².